The van der Waals surface area contributed by atoms with Gasteiger partial charge < -0.3 is 10.6 Å². The summed E-state index contributed by atoms with van der Waals surface area (Å²) in [5, 5.41) is 6.33. The molecule has 2 aliphatic heterocycles. The number of thioether (sulfide) groups is 1. The number of carbonyl (C=O) groups excluding carboxylic acids is 1. The summed E-state index contributed by atoms with van der Waals surface area (Å²) in [4.78, 5) is 17.2. The fourth-order valence-corrected chi connectivity index (χ4v) is 4.93. The highest BCUT2D eigenvalue weighted by Crippen LogP contribution is 2.20. The molecule has 0 aliphatic carbocycles. The largest absolute Gasteiger partial charge is 0.325 e. The lowest BCUT2D eigenvalue weighted by Crippen LogP contribution is -2.39. The van der Waals surface area contributed by atoms with Crippen LogP contribution in [0.25, 0.3) is 0 Å². The standard InChI is InChI=1S/C21H34N4OS.2ClH/c1-22-8-5-18-6-9-24(10-7-18)17-21(26)23-20-4-2-3-19(15-20)16-25-11-13-27-14-12-25;;/h2-4,15,18,22H,5-14,16-17H2,1H3,(H,23,26);2*1H. The number of piperidine rings is 1. The molecule has 0 spiro atoms. The molecule has 2 aliphatic rings. The SMILES string of the molecule is CNCCC1CCN(CC(=O)Nc2cccc(CN3CCSCC3)c2)CC1.Cl.Cl. The molecule has 3 rings (SSSR count). The van der Waals surface area contributed by atoms with Crippen LogP contribution in [0.15, 0.2) is 24.3 Å². The third kappa shape index (κ3) is 9.45. The number of rotatable bonds is 8. The van der Waals surface area contributed by atoms with Crippen molar-refractivity contribution in [2.45, 2.75) is 25.8 Å². The van der Waals surface area contributed by atoms with Gasteiger partial charge in [-0.3, -0.25) is 14.6 Å². The molecule has 2 fully saturated rings. The minimum absolute atomic E-state index is 0. The number of halogens is 2. The van der Waals surface area contributed by atoms with E-state index in [0.717, 1.165) is 50.9 Å². The second-order valence-corrected chi connectivity index (χ2v) is 8.97. The summed E-state index contributed by atoms with van der Waals surface area (Å²) in [5.74, 6) is 3.36. The van der Waals surface area contributed by atoms with Crippen molar-refractivity contribution in [1.29, 1.82) is 0 Å². The van der Waals surface area contributed by atoms with Gasteiger partial charge in [-0.05, 0) is 69.6 Å². The van der Waals surface area contributed by atoms with E-state index in [1.54, 1.807) is 0 Å². The highest BCUT2D eigenvalue weighted by atomic mass is 35.5. The zero-order valence-electron chi connectivity index (χ0n) is 17.4. The molecule has 1 aromatic rings. The Labute approximate surface area is 192 Å². The highest BCUT2D eigenvalue weighted by molar-refractivity contribution is 7.99. The maximum atomic E-state index is 12.5. The third-order valence-corrected chi connectivity index (χ3v) is 6.54. The van der Waals surface area contributed by atoms with Crippen LogP contribution in [0.5, 0.6) is 0 Å². The molecule has 0 radical (unpaired) electrons. The molecule has 5 nitrogen and oxygen atoms in total. The van der Waals surface area contributed by atoms with Crippen molar-refractivity contribution < 1.29 is 4.79 Å². The van der Waals surface area contributed by atoms with Gasteiger partial charge in [0.1, 0.15) is 0 Å². The van der Waals surface area contributed by atoms with Crippen molar-refractivity contribution in [3.8, 4) is 0 Å². The van der Waals surface area contributed by atoms with E-state index in [1.165, 1.54) is 36.3 Å². The summed E-state index contributed by atoms with van der Waals surface area (Å²) < 4.78 is 0. The number of amides is 1. The lowest BCUT2D eigenvalue weighted by Gasteiger charge is -2.31. The number of anilines is 1. The van der Waals surface area contributed by atoms with Gasteiger partial charge in [0.05, 0.1) is 6.54 Å². The van der Waals surface area contributed by atoms with Crippen LogP contribution >= 0.6 is 36.6 Å². The van der Waals surface area contributed by atoms with Crippen LogP contribution in [0.2, 0.25) is 0 Å². The minimum Gasteiger partial charge on any atom is -0.325 e. The van der Waals surface area contributed by atoms with Gasteiger partial charge in [-0.1, -0.05) is 12.1 Å². The normalized spacial score (nSPS) is 18.5. The predicted molar refractivity (Wildman–Crippen MR) is 130 cm³/mol. The lowest BCUT2D eigenvalue weighted by atomic mass is 9.93. The van der Waals surface area contributed by atoms with Gasteiger partial charge >= 0.3 is 0 Å². The summed E-state index contributed by atoms with van der Waals surface area (Å²) in [6, 6.07) is 8.34. The first-order valence-electron chi connectivity index (χ1n) is 10.3. The number of nitrogens with one attached hydrogen (secondary N) is 2. The van der Waals surface area contributed by atoms with Crippen molar-refractivity contribution >= 4 is 48.2 Å². The van der Waals surface area contributed by atoms with E-state index >= 15 is 0 Å². The summed E-state index contributed by atoms with van der Waals surface area (Å²) in [7, 11) is 2.01. The molecule has 0 aromatic heterocycles. The molecule has 2 N–H and O–H groups in total. The van der Waals surface area contributed by atoms with Gasteiger partial charge in [0.2, 0.25) is 5.91 Å². The second kappa shape index (κ2) is 14.5. The molecule has 1 aromatic carbocycles. The van der Waals surface area contributed by atoms with Gasteiger partial charge in [0.15, 0.2) is 0 Å². The van der Waals surface area contributed by atoms with Gasteiger partial charge in [0.25, 0.3) is 0 Å². The van der Waals surface area contributed by atoms with Crippen LogP contribution in [-0.2, 0) is 11.3 Å². The second-order valence-electron chi connectivity index (χ2n) is 7.75. The predicted octanol–water partition coefficient (Wildman–Crippen LogP) is 3.34. The van der Waals surface area contributed by atoms with Gasteiger partial charge in [-0.25, -0.2) is 0 Å². The first kappa shape index (κ1) is 26.5. The van der Waals surface area contributed by atoms with Gasteiger partial charge in [-0.15, -0.1) is 24.8 Å². The van der Waals surface area contributed by atoms with Crippen molar-refractivity contribution in [3.63, 3.8) is 0 Å². The first-order chi connectivity index (χ1) is 13.2. The van der Waals surface area contributed by atoms with Gasteiger partial charge in [-0.2, -0.15) is 11.8 Å². The zero-order chi connectivity index (χ0) is 18.9. The Hall–Kier alpha value is -0.500. The fourth-order valence-electron chi connectivity index (χ4n) is 3.95. The van der Waals surface area contributed by atoms with Crippen LogP contribution in [0.1, 0.15) is 24.8 Å². The highest BCUT2D eigenvalue weighted by Gasteiger charge is 2.20. The van der Waals surface area contributed by atoms with E-state index in [2.05, 4.69) is 38.6 Å². The lowest BCUT2D eigenvalue weighted by molar-refractivity contribution is -0.117. The molecule has 2 saturated heterocycles. The molecule has 29 heavy (non-hydrogen) atoms. The maximum Gasteiger partial charge on any atom is 0.238 e. The number of hydrogen-bond donors (Lipinski definition) is 2. The fraction of sp³-hybridized carbons (Fsp3) is 0.667. The van der Waals surface area contributed by atoms with Crippen LogP contribution in [0, 0.1) is 5.92 Å². The Morgan fingerprint density at radius 3 is 2.52 bits per heavy atom. The van der Waals surface area contributed by atoms with E-state index in [1.807, 2.05) is 24.9 Å². The Morgan fingerprint density at radius 2 is 1.83 bits per heavy atom. The summed E-state index contributed by atoms with van der Waals surface area (Å²) in [6.07, 6.45) is 3.66. The van der Waals surface area contributed by atoms with Crippen molar-refractivity contribution in [1.82, 2.24) is 15.1 Å². The van der Waals surface area contributed by atoms with Crippen LogP contribution < -0.4 is 10.6 Å². The quantitative estimate of drug-likeness (QED) is 0.620. The summed E-state index contributed by atoms with van der Waals surface area (Å²) in [5.41, 5.74) is 2.21. The number of benzene rings is 1. The Kier molecular flexibility index (Phi) is 13.3. The Balaban J connectivity index is 0.00000210. The van der Waals surface area contributed by atoms with E-state index in [9.17, 15) is 4.79 Å². The number of likely N-dealkylation sites (tertiary alicyclic amines) is 1. The molecular formula is C21H36Cl2N4OS. The van der Waals surface area contributed by atoms with E-state index in [4.69, 9.17) is 0 Å². The first-order valence-corrected chi connectivity index (χ1v) is 11.4. The Morgan fingerprint density at radius 1 is 1.10 bits per heavy atom. The summed E-state index contributed by atoms with van der Waals surface area (Å²) in [6.45, 7) is 6.97. The van der Waals surface area contributed by atoms with Crippen LogP contribution in [0.4, 0.5) is 5.69 Å². The monoisotopic (exact) mass is 462 g/mol. The topological polar surface area (TPSA) is 47.6 Å². The molecular weight excluding hydrogens is 427 g/mol. The molecule has 1 amide bonds. The maximum absolute atomic E-state index is 12.5. The molecule has 8 heteroatoms. The number of nitrogens with zero attached hydrogens (tertiary/aromatic N) is 2. The smallest absolute Gasteiger partial charge is 0.238 e. The molecule has 0 bridgehead atoms. The van der Waals surface area contributed by atoms with Crippen molar-refractivity contribution in [3.05, 3.63) is 29.8 Å². The van der Waals surface area contributed by atoms with Crippen molar-refractivity contribution in [2.75, 3.05) is 63.1 Å². The number of carbonyl (C=O) groups is 1. The molecule has 0 saturated carbocycles. The average Bonchev–Trinajstić information content (AvgIpc) is 2.68. The van der Waals surface area contributed by atoms with Crippen LogP contribution in [-0.4, -0.2) is 73.5 Å². The molecule has 2 heterocycles. The van der Waals surface area contributed by atoms with Crippen LogP contribution in [0.3, 0.4) is 0 Å². The number of hydrogen-bond acceptors (Lipinski definition) is 5. The summed E-state index contributed by atoms with van der Waals surface area (Å²) >= 11 is 2.03. The van der Waals surface area contributed by atoms with Crippen molar-refractivity contribution in [2.24, 2.45) is 5.92 Å². The zero-order valence-corrected chi connectivity index (χ0v) is 19.8. The molecule has 0 unspecified atom stereocenters. The van der Waals surface area contributed by atoms with E-state index in [-0.39, 0.29) is 30.7 Å². The Bertz CT molecular complexity index is 594. The third-order valence-electron chi connectivity index (χ3n) is 5.60. The minimum atomic E-state index is 0. The average molecular weight is 464 g/mol. The molecule has 0 atom stereocenters. The molecule has 166 valence electrons. The van der Waals surface area contributed by atoms with Gasteiger partial charge in [0, 0.05) is 36.8 Å². The van der Waals surface area contributed by atoms with E-state index < -0.39 is 0 Å². The van der Waals surface area contributed by atoms with E-state index in [0.29, 0.717) is 6.54 Å².